The summed E-state index contributed by atoms with van der Waals surface area (Å²) in [7, 11) is 0. The fourth-order valence-electron chi connectivity index (χ4n) is 2.50. The first-order valence-electron chi connectivity index (χ1n) is 7.96. The Bertz CT molecular complexity index is 505. The van der Waals surface area contributed by atoms with Crippen molar-refractivity contribution in [3.63, 3.8) is 0 Å². The summed E-state index contributed by atoms with van der Waals surface area (Å²) in [6, 6.07) is 15.6. The molecule has 0 fully saturated rings. The predicted octanol–water partition coefficient (Wildman–Crippen LogP) is 3.93. The molecule has 1 unspecified atom stereocenters. The van der Waals surface area contributed by atoms with Crippen molar-refractivity contribution in [3.8, 4) is 0 Å². The van der Waals surface area contributed by atoms with Crippen molar-refractivity contribution >= 4 is 0 Å². The molecule has 2 rings (SSSR count). The van der Waals surface area contributed by atoms with Gasteiger partial charge in [0.05, 0.1) is 0 Å². The van der Waals surface area contributed by atoms with E-state index in [9.17, 15) is 0 Å². The first-order valence-corrected chi connectivity index (χ1v) is 7.96. The molecule has 0 aliphatic heterocycles. The molecule has 2 nitrogen and oxygen atoms in total. The van der Waals surface area contributed by atoms with Crippen LogP contribution in [-0.2, 0) is 12.8 Å². The van der Waals surface area contributed by atoms with Gasteiger partial charge in [-0.2, -0.15) is 0 Å². The Balaban J connectivity index is 1.92. The average molecular weight is 282 g/mol. The second-order valence-corrected chi connectivity index (χ2v) is 5.70. The van der Waals surface area contributed by atoms with E-state index in [0.717, 1.165) is 25.8 Å². The Morgan fingerprint density at radius 1 is 1.10 bits per heavy atom. The molecular weight excluding hydrogens is 256 g/mol. The number of benzene rings is 1. The minimum atomic E-state index is 0.523. The largest absolute Gasteiger partial charge is 0.314 e. The van der Waals surface area contributed by atoms with Crippen LogP contribution in [-0.4, -0.2) is 17.6 Å². The Morgan fingerprint density at radius 3 is 2.57 bits per heavy atom. The lowest BCUT2D eigenvalue weighted by molar-refractivity contribution is 0.475. The minimum Gasteiger partial charge on any atom is -0.314 e. The van der Waals surface area contributed by atoms with E-state index in [0.29, 0.717) is 6.04 Å². The smallest absolute Gasteiger partial charge is 0.0404 e. The maximum absolute atomic E-state index is 4.42. The maximum Gasteiger partial charge on any atom is 0.0404 e. The third-order valence-corrected chi connectivity index (χ3v) is 3.76. The Labute approximate surface area is 128 Å². The van der Waals surface area contributed by atoms with Crippen LogP contribution < -0.4 is 5.32 Å². The molecule has 0 spiro atoms. The molecule has 1 atom stereocenters. The van der Waals surface area contributed by atoms with Crippen LogP contribution in [0.1, 0.15) is 36.6 Å². The van der Waals surface area contributed by atoms with Crippen molar-refractivity contribution in [2.45, 2.75) is 45.6 Å². The summed E-state index contributed by atoms with van der Waals surface area (Å²) < 4.78 is 0. The van der Waals surface area contributed by atoms with Gasteiger partial charge in [0.15, 0.2) is 0 Å². The van der Waals surface area contributed by atoms with Crippen LogP contribution >= 0.6 is 0 Å². The highest BCUT2D eigenvalue weighted by atomic mass is 14.9. The number of pyridine rings is 1. The summed E-state index contributed by atoms with van der Waals surface area (Å²) in [5.74, 6) is 0. The van der Waals surface area contributed by atoms with Crippen molar-refractivity contribution < 1.29 is 0 Å². The van der Waals surface area contributed by atoms with Gasteiger partial charge >= 0.3 is 0 Å². The second-order valence-electron chi connectivity index (χ2n) is 5.70. The van der Waals surface area contributed by atoms with Gasteiger partial charge in [-0.25, -0.2) is 0 Å². The molecule has 0 aliphatic rings. The summed E-state index contributed by atoms with van der Waals surface area (Å²) in [6.45, 7) is 5.44. The Hall–Kier alpha value is -1.67. The molecule has 1 N–H and O–H groups in total. The molecule has 2 aromatic rings. The minimum absolute atomic E-state index is 0.523. The van der Waals surface area contributed by atoms with Crippen LogP contribution in [0.3, 0.4) is 0 Å². The van der Waals surface area contributed by atoms with Crippen LogP contribution in [0.4, 0.5) is 0 Å². The lowest BCUT2D eigenvalue weighted by Gasteiger charge is -2.18. The molecule has 1 aromatic carbocycles. The van der Waals surface area contributed by atoms with Crippen LogP contribution in [0.15, 0.2) is 48.7 Å². The van der Waals surface area contributed by atoms with Crippen molar-refractivity contribution in [3.05, 3.63) is 65.5 Å². The number of nitrogens with zero attached hydrogens (tertiary/aromatic N) is 1. The van der Waals surface area contributed by atoms with Gasteiger partial charge in [0, 0.05) is 17.9 Å². The fraction of sp³-hybridized carbons (Fsp3) is 0.421. The zero-order valence-corrected chi connectivity index (χ0v) is 13.2. The summed E-state index contributed by atoms with van der Waals surface area (Å²) in [5.41, 5.74) is 3.92. The van der Waals surface area contributed by atoms with E-state index in [-0.39, 0.29) is 0 Å². The van der Waals surface area contributed by atoms with Gasteiger partial charge in [-0.3, -0.25) is 4.98 Å². The number of aryl methyl sites for hydroxylation is 2. The number of hydrogen-bond acceptors (Lipinski definition) is 2. The molecule has 112 valence electrons. The predicted molar refractivity (Wildman–Crippen MR) is 89.5 cm³/mol. The first kappa shape index (κ1) is 15.7. The van der Waals surface area contributed by atoms with Crippen molar-refractivity contribution in [1.82, 2.24) is 10.3 Å². The van der Waals surface area contributed by atoms with Crippen LogP contribution in [0.5, 0.6) is 0 Å². The van der Waals surface area contributed by atoms with E-state index in [1.807, 2.05) is 12.3 Å². The molecule has 1 aromatic heterocycles. The molecule has 2 heteroatoms. The van der Waals surface area contributed by atoms with E-state index in [4.69, 9.17) is 0 Å². The monoisotopic (exact) mass is 282 g/mol. The van der Waals surface area contributed by atoms with E-state index in [2.05, 4.69) is 60.5 Å². The van der Waals surface area contributed by atoms with Crippen LogP contribution in [0, 0.1) is 6.92 Å². The van der Waals surface area contributed by atoms with E-state index >= 15 is 0 Å². The summed E-state index contributed by atoms with van der Waals surface area (Å²) in [6.07, 6.45) is 6.31. The van der Waals surface area contributed by atoms with Gasteiger partial charge in [0.25, 0.3) is 0 Å². The van der Waals surface area contributed by atoms with Gasteiger partial charge in [0.1, 0.15) is 0 Å². The fourth-order valence-corrected chi connectivity index (χ4v) is 2.50. The summed E-state index contributed by atoms with van der Waals surface area (Å²) in [5, 5.41) is 3.67. The molecule has 0 bridgehead atoms. The second kappa shape index (κ2) is 8.58. The normalized spacial score (nSPS) is 12.3. The lowest BCUT2D eigenvalue weighted by atomic mass is 9.99. The van der Waals surface area contributed by atoms with Crippen molar-refractivity contribution in [2.24, 2.45) is 0 Å². The number of aromatic nitrogens is 1. The Morgan fingerprint density at radius 2 is 1.90 bits per heavy atom. The van der Waals surface area contributed by atoms with Gasteiger partial charge in [-0.05, 0) is 56.8 Å². The van der Waals surface area contributed by atoms with Gasteiger partial charge < -0.3 is 5.32 Å². The topological polar surface area (TPSA) is 24.9 Å². The molecule has 21 heavy (non-hydrogen) atoms. The zero-order valence-electron chi connectivity index (χ0n) is 13.2. The highest BCUT2D eigenvalue weighted by Gasteiger charge is 2.09. The number of hydrogen-bond donors (Lipinski definition) is 1. The first-order chi connectivity index (χ1) is 10.3. The highest BCUT2D eigenvalue weighted by molar-refractivity contribution is 5.22. The summed E-state index contributed by atoms with van der Waals surface area (Å²) in [4.78, 5) is 4.42. The molecule has 0 saturated heterocycles. The molecule has 0 radical (unpaired) electrons. The molecule has 0 aliphatic carbocycles. The third-order valence-electron chi connectivity index (χ3n) is 3.76. The number of nitrogens with one attached hydrogen (secondary N) is 1. The van der Waals surface area contributed by atoms with Gasteiger partial charge in [0.2, 0.25) is 0 Å². The highest BCUT2D eigenvalue weighted by Crippen LogP contribution is 2.10. The van der Waals surface area contributed by atoms with Crippen molar-refractivity contribution in [1.29, 1.82) is 0 Å². The average Bonchev–Trinajstić information content (AvgIpc) is 2.53. The lowest BCUT2D eigenvalue weighted by Crippen LogP contribution is -2.32. The quantitative estimate of drug-likeness (QED) is 0.793. The summed E-state index contributed by atoms with van der Waals surface area (Å²) >= 11 is 0. The maximum atomic E-state index is 4.42. The van der Waals surface area contributed by atoms with Crippen LogP contribution in [0.2, 0.25) is 0 Å². The van der Waals surface area contributed by atoms with E-state index < -0.39 is 0 Å². The van der Waals surface area contributed by atoms with E-state index in [1.54, 1.807) is 0 Å². The molecule has 1 heterocycles. The standard InChI is InChI=1S/C19H26N2/c1-3-13-20-19(12-11-18-6-4-5-14-21-18)15-17-9-7-16(2)8-10-17/h4-10,14,19-20H,3,11-13,15H2,1-2H3. The van der Waals surface area contributed by atoms with Crippen molar-refractivity contribution in [2.75, 3.05) is 6.54 Å². The number of rotatable bonds is 8. The zero-order chi connectivity index (χ0) is 14.9. The SMILES string of the molecule is CCCNC(CCc1ccccn1)Cc1ccc(C)cc1. The van der Waals surface area contributed by atoms with Gasteiger partial charge in [-0.1, -0.05) is 42.8 Å². The van der Waals surface area contributed by atoms with E-state index in [1.165, 1.54) is 23.2 Å². The molecular formula is C19H26N2. The molecule has 0 amide bonds. The van der Waals surface area contributed by atoms with Crippen LogP contribution in [0.25, 0.3) is 0 Å². The molecule has 0 saturated carbocycles. The Kier molecular flexibility index (Phi) is 6.42. The van der Waals surface area contributed by atoms with Gasteiger partial charge in [-0.15, -0.1) is 0 Å². The third kappa shape index (κ3) is 5.68.